The number of aromatic hydroxyl groups is 1. The van der Waals surface area contributed by atoms with Crippen LogP contribution < -0.4 is 5.73 Å². The van der Waals surface area contributed by atoms with E-state index in [4.69, 9.17) is 10.3 Å². The van der Waals surface area contributed by atoms with Crippen LogP contribution in [0.2, 0.25) is 0 Å². The van der Waals surface area contributed by atoms with Gasteiger partial charge in [-0.1, -0.05) is 12.1 Å². The molecule has 0 aromatic heterocycles. The molecule has 0 fully saturated rings. The van der Waals surface area contributed by atoms with E-state index in [1.54, 1.807) is 0 Å². The molecule has 5 aromatic rings. The van der Waals surface area contributed by atoms with Crippen LogP contribution in [0, 0.1) is 0 Å². The van der Waals surface area contributed by atoms with Crippen LogP contribution >= 0.6 is 0 Å². The van der Waals surface area contributed by atoms with Gasteiger partial charge in [0.25, 0.3) is 30.4 Å². The van der Waals surface area contributed by atoms with E-state index >= 15 is 0 Å². The first-order valence-corrected chi connectivity index (χ1v) is 16.3. The zero-order valence-corrected chi connectivity index (χ0v) is 24.3. The molecule has 0 saturated heterocycles. The molecule has 0 unspecified atom stereocenters. The van der Waals surface area contributed by atoms with Crippen molar-refractivity contribution in [1.82, 2.24) is 0 Å². The van der Waals surface area contributed by atoms with Crippen molar-refractivity contribution < 1.29 is 44.0 Å². The van der Waals surface area contributed by atoms with Crippen LogP contribution in [0.5, 0.6) is 5.75 Å². The van der Waals surface area contributed by atoms with Gasteiger partial charge in [-0.05, 0) is 72.1 Å². The highest BCUT2D eigenvalue weighted by molar-refractivity contribution is 7.86. The summed E-state index contributed by atoms with van der Waals surface area (Å²) in [7, 11) is -14.0. The normalized spacial score (nSPS) is 13.0. The number of hydrogen-bond acceptors (Lipinski definition) is 12. The molecule has 44 heavy (non-hydrogen) atoms. The van der Waals surface area contributed by atoms with Crippen molar-refractivity contribution in [1.29, 1.82) is 0 Å². The van der Waals surface area contributed by atoms with Gasteiger partial charge in [0.2, 0.25) is 0 Å². The Hall–Kier alpha value is -4.85. The lowest BCUT2D eigenvalue weighted by molar-refractivity contribution is 0.472. The molecule has 0 heterocycles. The van der Waals surface area contributed by atoms with Crippen molar-refractivity contribution in [3.63, 3.8) is 0 Å². The molecule has 0 atom stereocenters. The van der Waals surface area contributed by atoms with Crippen molar-refractivity contribution in [3.8, 4) is 5.75 Å². The third-order valence-electron chi connectivity index (χ3n) is 6.26. The molecular weight excluding hydrogens is 639 g/mol. The molecule has 6 N–H and O–H groups in total. The summed E-state index contributed by atoms with van der Waals surface area (Å²) >= 11 is 0. The molecule has 5 rings (SSSR count). The predicted octanol–water partition coefficient (Wildman–Crippen LogP) is 5.85. The van der Waals surface area contributed by atoms with Crippen molar-refractivity contribution in [2.45, 2.75) is 14.7 Å². The number of phenols is 1. The maximum atomic E-state index is 12.2. The van der Waals surface area contributed by atoms with E-state index in [0.29, 0.717) is 0 Å². The van der Waals surface area contributed by atoms with Gasteiger partial charge in [0.1, 0.15) is 10.6 Å². The molecule has 0 aliphatic carbocycles. The second-order valence-electron chi connectivity index (χ2n) is 9.18. The SMILES string of the molecule is Nc1ccc2cc(S(=O)(=O)O)c(/N=N/c3ccc(/N=N/c4ccc(S(=O)(=O)O)cc4)c4ccc(S(=O)(=O)O)cc34)c(O)c2c1. The van der Waals surface area contributed by atoms with Crippen molar-refractivity contribution in [2.24, 2.45) is 20.5 Å². The van der Waals surface area contributed by atoms with Gasteiger partial charge in [0.15, 0.2) is 5.75 Å². The molecule has 226 valence electrons. The van der Waals surface area contributed by atoms with Gasteiger partial charge in [0, 0.05) is 21.8 Å². The van der Waals surface area contributed by atoms with E-state index < -0.39 is 51.6 Å². The fourth-order valence-electron chi connectivity index (χ4n) is 4.18. The number of anilines is 1. The standard InChI is InChI=1S/C26H19N5O10S3/c27-15-2-1-14-11-24(44(39,40)41)25(26(32)20(14)12-15)31-30-23-10-9-22(19-8-7-18(13-21(19)23)43(36,37)38)29-28-16-3-5-17(6-4-16)42(33,34)35/h1-13,32H,27H2,(H,33,34,35)(H,36,37,38)(H,39,40,41)/b29-28+,31-30+. The molecule has 0 saturated carbocycles. The van der Waals surface area contributed by atoms with Crippen LogP contribution in [0.1, 0.15) is 0 Å². The van der Waals surface area contributed by atoms with Gasteiger partial charge >= 0.3 is 0 Å². The van der Waals surface area contributed by atoms with Crippen LogP contribution in [-0.2, 0) is 30.4 Å². The van der Waals surface area contributed by atoms with Crippen LogP contribution in [0.3, 0.4) is 0 Å². The van der Waals surface area contributed by atoms with E-state index in [0.717, 1.165) is 30.3 Å². The Bertz CT molecular complexity index is 2380. The summed E-state index contributed by atoms with van der Waals surface area (Å²) < 4.78 is 99.2. The Kier molecular flexibility index (Phi) is 7.66. The monoisotopic (exact) mass is 657 g/mol. The Morgan fingerprint density at radius 2 is 1.14 bits per heavy atom. The average molecular weight is 658 g/mol. The molecule has 0 bridgehead atoms. The summed E-state index contributed by atoms with van der Waals surface area (Å²) in [6.45, 7) is 0. The zero-order valence-electron chi connectivity index (χ0n) is 21.8. The van der Waals surface area contributed by atoms with Crippen molar-refractivity contribution >= 4 is 80.3 Å². The van der Waals surface area contributed by atoms with Crippen LogP contribution in [-0.4, -0.2) is 44.0 Å². The zero-order chi connectivity index (χ0) is 32.0. The third-order valence-corrected chi connectivity index (χ3v) is 8.84. The summed E-state index contributed by atoms with van der Waals surface area (Å²) in [4.78, 5) is -1.63. The maximum absolute atomic E-state index is 12.2. The molecule has 15 nitrogen and oxygen atoms in total. The van der Waals surface area contributed by atoms with E-state index in [1.165, 1.54) is 48.5 Å². The molecule has 0 amide bonds. The fraction of sp³-hybridized carbons (Fsp3) is 0. The number of nitrogens with zero attached hydrogens (tertiary/aromatic N) is 4. The molecule has 0 aliphatic rings. The first-order chi connectivity index (χ1) is 20.5. The quantitative estimate of drug-likeness (QED) is 0.0787. The van der Waals surface area contributed by atoms with Gasteiger partial charge in [-0.2, -0.15) is 30.4 Å². The molecule has 0 aliphatic heterocycles. The Balaban J connectivity index is 1.66. The molecule has 5 aromatic carbocycles. The minimum Gasteiger partial charge on any atom is -0.505 e. The second kappa shape index (κ2) is 11.0. The number of nitrogens with two attached hydrogens (primary N) is 1. The highest BCUT2D eigenvalue weighted by atomic mass is 32.2. The fourth-order valence-corrected chi connectivity index (χ4v) is 5.83. The number of azo groups is 2. The largest absolute Gasteiger partial charge is 0.505 e. The van der Waals surface area contributed by atoms with Crippen molar-refractivity contribution in [3.05, 3.63) is 78.9 Å². The minimum absolute atomic E-state index is 0.0555. The van der Waals surface area contributed by atoms with E-state index in [-0.39, 0.29) is 49.2 Å². The number of hydrogen-bond donors (Lipinski definition) is 5. The maximum Gasteiger partial charge on any atom is 0.296 e. The van der Waals surface area contributed by atoms with Crippen LogP contribution in [0.15, 0.2) is 114 Å². The van der Waals surface area contributed by atoms with Gasteiger partial charge in [0.05, 0.1) is 26.9 Å². The molecule has 0 spiro atoms. The van der Waals surface area contributed by atoms with E-state index in [1.807, 2.05) is 0 Å². The summed E-state index contributed by atoms with van der Waals surface area (Å²) in [6.07, 6.45) is 0. The highest BCUT2D eigenvalue weighted by Crippen LogP contribution is 2.43. The Morgan fingerprint density at radius 1 is 0.545 bits per heavy atom. The average Bonchev–Trinajstić information content (AvgIpc) is 2.94. The van der Waals surface area contributed by atoms with Crippen molar-refractivity contribution in [2.75, 3.05) is 5.73 Å². The van der Waals surface area contributed by atoms with Gasteiger partial charge in [-0.15, -0.1) is 15.3 Å². The first kappa shape index (κ1) is 30.6. The highest BCUT2D eigenvalue weighted by Gasteiger charge is 2.22. The van der Waals surface area contributed by atoms with Gasteiger partial charge in [-0.3, -0.25) is 13.7 Å². The molecular formula is C26H19N5O10S3. The number of phenolic OH excluding ortho intramolecular Hbond substituents is 1. The molecule has 0 radical (unpaired) electrons. The summed E-state index contributed by atoms with van der Waals surface area (Å²) in [5, 5.41) is 27.5. The number of benzene rings is 5. The third kappa shape index (κ3) is 6.25. The van der Waals surface area contributed by atoms with E-state index in [9.17, 15) is 39.5 Å². The minimum atomic E-state index is -4.91. The smallest absolute Gasteiger partial charge is 0.296 e. The summed E-state index contributed by atoms with van der Waals surface area (Å²) in [6, 6.07) is 16.3. The lowest BCUT2D eigenvalue weighted by atomic mass is 10.1. The van der Waals surface area contributed by atoms with Gasteiger partial charge < -0.3 is 10.8 Å². The van der Waals surface area contributed by atoms with Gasteiger partial charge in [-0.25, -0.2) is 0 Å². The Labute approximate surface area is 249 Å². The van der Waals surface area contributed by atoms with E-state index in [2.05, 4.69) is 20.5 Å². The Morgan fingerprint density at radius 3 is 1.75 bits per heavy atom. The van der Waals surface area contributed by atoms with Crippen LogP contribution in [0.25, 0.3) is 21.5 Å². The summed E-state index contributed by atoms with van der Waals surface area (Å²) in [5.74, 6) is -0.653. The summed E-state index contributed by atoms with van der Waals surface area (Å²) in [5.41, 5.74) is 5.73. The number of fused-ring (bicyclic) bond motifs is 2. The van der Waals surface area contributed by atoms with Crippen LogP contribution in [0.4, 0.5) is 28.4 Å². The topological polar surface area (TPSA) is 259 Å². The predicted molar refractivity (Wildman–Crippen MR) is 158 cm³/mol. The molecule has 18 heteroatoms. The lowest BCUT2D eigenvalue weighted by Crippen LogP contribution is -1.99. The second-order valence-corrected chi connectivity index (χ2v) is 13.4. The first-order valence-electron chi connectivity index (χ1n) is 12.0. The number of nitrogen functional groups attached to an aromatic ring is 1. The lowest BCUT2D eigenvalue weighted by Gasteiger charge is -2.10. The number of rotatable bonds is 7.